The molecule has 1 heterocycles. The number of Topliss-reactive ketones (excluding diaryl/α,β-unsaturated/α-hetero) is 1. The van der Waals surface area contributed by atoms with Crippen LogP contribution in [0.3, 0.4) is 0 Å². The Balaban J connectivity index is 1.53. The molecule has 224 valence electrons. The largest absolute Gasteiger partial charge is 0.506 e. The van der Waals surface area contributed by atoms with Crippen LogP contribution in [0.4, 0.5) is 0 Å². The van der Waals surface area contributed by atoms with E-state index < -0.39 is 48.0 Å². The van der Waals surface area contributed by atoms with Crippen LogP contribution < -0.4 is 4.74 Å². The number of benzene rings is 3. The van der Waals surface area contributed by atoms with Crippen LogP contribution in [0.5, 0.6) is 11.5 Å². The molecule has 5 atom stereocenters. The summed E-state index contributed by atoms with van der Waals surface area (Å²) in [6.07, 6.45) is -4.57. The van der Waals surface area contributed by atoms with Crippen LogP contribution in [-0.4, -0.2) is 78.7 Å². The zero-order valence-corrected chi connectivity index (χ0v) is 23.3. The predicted molar refractivity (Wildman–Crippen MR) is 152 cm³/mol. The summed E-state index contributed by atoms with van der Waals surface area (Å²) in [7, 11) is 0. The van der Waals surface area contributed by atoms with E-state index in [0.29, 0.717) is 37.7 Å². The number of carboxylic acid groups (broad SMARTS) is 1. The van der Waals surface area contributed by atoms with Crippen LogP contribution in [0.2, 0.25) is 0 Å². The summed E-state index contributed by atoms with van der Waals surface area (Å²) in [5.41, 5.74) is -0.201. The maximum atomic E-state index is 13.3. The number of carbonyl (C=O) groups excluding carboxylic acids is 1. The van der Waals surface area contributed by atoms with Gasteiger partial charge in [0.25, 0.3) is 0 Å². The van der Waals surface area contributed by atoms with Gasteiger partial charge in [0.1, 0.15) is 35.9 Å². The van der Waals surface area contributed by atoms with E-state index in [1.807, 2.05) is 30.3 Å². The first-order valence-corrected chi connectivity index (χ1v) is 14.2. The van der Waals surface area contributed by atoms with Gasteiger partial charge in [-0.15, -0.1) is 0 Å². The lowest BCUT2D eigenvalue weighted by molar-refractivity contribution is -0.308. The van der Waals surface area contributed by atoms with Crippen LogP contribution in [0.1, 0.15) is 70.4 Å². The topological polar surface area (TPSA) is 174 Å². The number of aliphatic hydroxyl groups is 4. The molecule has 1 saturated heterocycles. The highest BCUT2D eigenvalue weighted by molar-refractivity contribution is 6.09. The van der Waals surface area contributed by atoms with Gasteiger partial charge in [0.2, 0.25) is 6.29 Å². The van der Waals surface area contributed by atoms with Crippen molar-refractivity contribution in [3.63, 3.8) is 0 Å². The smallest absolute Gasteiger partial charge is 0.335 e. The summed E-state index contributed by atoms with van der Waals surface area (Å²) in [6, 6.07) is 13.5. The van der Waals surface area contributed by atoms with Crippen molar-refractivity contribution >= 4 is 22.5 Å². The first kappa shape index (κ1) is 29.9. The van der Waals surface area contributed by atoms with Crippen molar-refractivity contribution in [2.24, 2.45) is 0 Å². The predicted octanol–water partition coefficient (Wildman–Crippen LogP) is 3.25. The van der Waals surface area contributed by atoms with E-state index in [1.54, 1.807) is 13.0 Å². The third-order valence-electron chi connectivity index (χ3n) is 8.44. The third kappa shape index (κ3) is 5.73. The van der Waals surface area contributed by atoms with Crippen LogP contribution in [0, 0.1) is 6.92 Å². The van der Waals surface area contributed by atoms with Crippen molar-refractivity contribution in [1.29, 1.82) is 0 Å². The Morgan fingerprint density at radius 2 is 1.67 bits per heavy atom. The number of ketones is 1. The molecule has 1 aliphatic carbocycles. The highest BCUT2D eigenvalue weighted by atomic mass is 16.7. The minimum atomic E-state index is -1.77. The zero-order valence-electron chi connectivity index (χ0n) is 23.3. The number of phenolic OH excluding ortho intramolecular Hbond substituents is 1. The lowest BCUT2D eigenvalue weighted by Gasteiger charge is -2.48. The molecule has 42 heavy (non-hydrogen) atoms. The summed E-state index contributed by atoms with van der Waals surface area (Å²) in [5, 5.41) is 64.9. The van der Waals surface area contributed by atoms with E-state index in [-0.39, 0.29) is 39.9 Å². The van der Waals surface area contributed by atoms with Crippen molar-refractivity contribution in [3.05, 3.63) is 70.8 Å². The number of fused-ring (bicyclic) bond motifs is 1. The highest BCUT2D eigenvalue weighted by Gasteiger charge is 2.53. The zero-order chi connectivity index (χ0) is 30.2. The number of ether oxygens (including phenoxy) is 2. The second kappa shape index (κ2) is 12.0. The number of hydrogen-bond donors (Lipinski definition) is 6. The second-order valence-electron chi connectivity index (χ2n) is 11.4. The first-order chi connectivity index (χ1) is 20.0. The molecule has 6 N–H and O–H groups in total. The van der Waals surface area contributed by atoms with E-state index in [2.05, 4.69) is 0 Å². The Morgan fingerprint density at radius 3 is 2.33 bits per heavy atom. The maximum absolute atomic E-state index is 13.3. The standard InChI is InChI=1S/C32H36O10/c1-17-14-19-15-20(30(38)39)16-22(24(19)25(34)23(17)21(33)11-10-18-8-4-2-5-9-18)41-31-28(37)26(35)27(36)29(42-31)32(40)12-6-3-7-13-32/h2,4-5,8-9,14-16,26-29,31,34-37,40H,3,6-7,10-13H2,1H3,(H,38,39). The fourth-order valence-electron chi connectivity index (χ4n) is 6.18. The number of aromatic hydroxyl groups is 1. The molecule has 0 bridgehead atoms. The first-order valence-electron chi connectivity index (χ1n) is 14.2. The van der Waals surface area contributed by atoms with E-state index in [9.17, 15) is 40.2 Å². The number of aliphatic hydroxyl groups excluding tert-OH is 3. The maximum Gasteiger partial charge on any atom is 0.335 e. The number of aromatic carboxylic acids is 1. The van der Waals surface area contributed by atoms with Gasteiger partial charge in [0.15, 0.2) is 5.78 Å². The molecule has 5 rings (SSSR count). The van der Waals surface area contributed by atoms with Gasteiger partial charge >= 0.3 is 5.97 Å². The van der Waals surface area contributed by atoms with Gasteiger partial charge in [-0.3, -0.25) is 4.79 Å². The SMILES string of the molecule is Cc1cc2cc(C(=O)O)cc(OC3OC(C4(O)CCCCC4)C(O)C(O)C3O)c2c(O)c1C(=O)CCc1ccccc1. The molecule has 1 aliphatic heterocycles. The van der Waals surface area contributed by atoms with Crippen LogP contribution in [-0.2, 0) is 11.2 Å². The molecule has 10 heteroatoms. The molecule has 2 aliphatic rings. The summed E-state index contributed by atoms with van der Waals surface area (Å²) < 4.78 is 11.8. The summed E-state index contributed by atoms with van der Waals surface area (Å²) in [4.78, 5) is 25.3. The molecule has 3 aromatic rings. The molecular weight excluding hydrogens is 544 g/mol. The fraction of sp³-hybridized carbons (Fsp3) is 0.438. The minimum absolute atomic E-state index is 0.0259. The normalized spacial score (nSPS) is 25.7. The van der Waals surface area contributed by atoms with Crippen molar-refractivity contribution in [1.82, 2.24) is 0 Å². The molecule has 1 saturated carbocycles. The van der Waals surface area contributed by atoms with Gasteiger partial charge in [-0.25, -0.2) is 4.79 Å². The number of carboxylic acids is 1. The minimum Gasteiger partial charge on any atom is -0.506 e. The van der Waals surface area contributed by atoms with Crippen LogP contribution in [0.15, 0.2) is 48.5 Å². The van der Waals surface area contributed by atoms with E-state index in [0.717, 1.165) is 18.1 Å². The van der Waals surface area contributed by atoms with E-state index >= 15 is 0 Å². The third-order valence-corrected chi connectivity index (χ3v) is 8.44. The highest BCUT2D eigenvalue weighted by Crippen LogP contribution is 2.42. The number of rotatable bonds is 8. The van der Waals surface area contributed by atoms with Gasteiger partial charge in [0.05, 0.1) is 22.1 Å². The molecule has 2 fully saturated rings. The quantitative estimate of drug-likeness (QED) is 0.217. The molecule has 10 nitrogen and oxygen atoms in total. The molecule has 0 spiro atoms. The Bertz CT molecular complexity index is 1460. The Morgan fingerprint density at radius 1 is 0.976 bits per heavy atom. The molecule has 0 aromatic heterocycles. The van der Waals surface area contributed by atoms with Gasteiger partial charge in [-0.2, -0.15) is 0 Å². The monoisotopic (exact) mass is 580 g/mol. The number of carbonyl (C=O) groups is 2. The summed E-state index contributed by atoms with van der Waals surface area (Å²) in [5.74, 6) is -2.22. The number of aryl methyl sites for hydroxylation is 2. The van der Waals surface area contributed by atoms with Gasteiger partial charge < -0.3 is 40.1 Å². The molecule has 3 aromatic carbocycles. The van der Waals surface area contributed by atoms with Gasteiger partial charge in [0, 0.05) is 6.42 Å². The average molecular weight is 581 g/mol. The number of hydrogen-bond acceptors (Lipinski definition) is 9. The lowest BCUT2D eigenvalue weighted by atomic mass is 9.76. The van der Waals surface area contributed by atoms with Gasteiger partial charge in [-0.1, -0.05) is 55.7 Å². The van der Waals surface area contributed by atoms with Gasteiger partial charge in [-0.05, 0) is 54.8 Å². The average Bonchev–Trinajstić information content (AvgIpc) is 2.96. The van der Waals surface area contributed by atoms with Crippen molar-refractivity contribution in [3.8, 4) is 11.5 Å². The number of phenols is 1. The lowest BCUT2D eigenvalue weighted by Crippen LogP contribution is -2.65. The Labute approximate surface area is 242 Å². The molecular formula is C32H36O10. The van der Waals surface area contributed by atoms with E-state index in [4.69, 9.17) is 9.47 Å². The molecule has 5 unspecified atom stereocenters. The Kier molecular flexibility index (Phi) is 8.54. The van der Waals surface area contributed by atoms with Crippen molar-refractivity contribution < 1.29 is 49.7 Å². The van der Waals surface area contributed by atoms with Crippen LogP contribution in [0.25, 0.3) is 10.8 Å². The fourth-order valence-corrected chi connectivity index (χ4v) is 6.18. The Hall–Kier alpha value is -3.54. The molecule has 0 radical (unpaired) electrons. The van der Waals surface area contributed by atoms with Crippen molar-refractivity contribution in [2.75, 3.05) is 0 Å². The summed E-state index contributed by atoms with van der Waals surface area (Å²) >= 11 is 0. The van der Waals surface area contributed by atoms with Crippen LogP contribution >= 0.6 is 0 Å². The van der Waals surface area contributed by atoms with Crippen molar-refractivity contribution in [2.45, 2.75) is 88.2 Å². The second-order valence-corrected chi connectivity index (χ2v) is 11.4. The summed E-state index contributed by atoms with van der Waals surface area (Å²) in [6.45, 7) is 1.64. The van der Waals surface area contributed by atoms with E-state index in [1.165, 1.54) is 6.07 Å². The molecule has 0 amide bonds.